The van der Waals surface area contributed by atoms with Gasteiger partial charge in [0.25, 0.3) is 5.69 Å². The van der Waals surface area contributed by atoms with Crippen molar-refractivity contribution in [2.45, 2.75) is 31.3 Å². The molecule has 6 heteroatoms. The molecule has 1 unspecified atom stereocenters. The summed E-state index contributed by atoms with van der Waals surface area (Å²) in [6, 6.07) is 5.79. The first kappa shape index (κ1) is 12.2. The highest BCUT2D eigenvalue weighted by atomic mass is 16.6. The molecule has 102 valence electrons. The van der Waals surface area contributed by atoms with Gasteiger partial charge in [-0.25, -0.2) is 0 Å². The summed E-state index contributed by atoms with van der Waals surface area (Å²) in [5, 5.41) is 14.1. The summed E-state index contributed by atoms with van der Waals surface area (Å²) in [4.78, 5) is 12.7. The van der Waals surface area contributed by atoms with E-state index in [0.29, 0.717) is 11.7 Å². The average molecular weight is 262 g/mol. The zero-order valence-corrected chi connectivity index (χ0v) is 10.7. The Kier molecular flexibility index (Phi) is 3.02. The molecule has 3 N–H and O–H groups in total. The summed E-state index contributed by atoms with van der Waals surface area (Å²) in [5.74, 6) is 0. The number of anilines is 2. The molecule has 19 heavy (non-hydrogen) atoms. The quantitative estimate of drug-likeness (QED) is 0.491. The molecule has 1 aliphatic heterocycles. The van der Waals surface area contributed by atoms with Crippen LogP contribution in [0.3, 0.4) is 0 Å². The van der Waals surface area contributed by atoms with Crippen LogP contribution in [0.15, 0.2) is 18.2 Å². The van der Waals surface area contributed by atoms with Crippen LogP contribution in [0, 0.1) is 10.1 Å². The lowest BCUT2D eigenvalue weighted by atomic mass is 10.2. The third kappa shape index (κ3) is 2.63. The minimum atomic E-state index is -0.426. The van der Waals surface area contributed by atoms with E-state index in [9.17, 15) is 10.1 Å². The molecule has 1 aromatic carbocycles. The minimum absolute atomic E-state index is 0.0362. The minimum Gasteiger partial charge on any atom is -0.397 e. The fourth-order valence-electron chi connectivity index (χ4n) is 2.69. The number of nitrogens with one attached hydrogen (secondary N) is 1. The maximum Gasteiger partial charge on any atom is 0.271 e. The molecule has 1 saturated carbocycles. The zero-order valence-electron chi connectivity index (χ0n) is 10.7. The number of likely N-dealkylation sites (tertiary alicyclic amines) is 1. The summed E-state index contributed by atoms with van der Waals surface area (Å²) in [6.45, 7) is 2.18. The molecule has 0 amide bonds. The van der Waals surface area contributed by atoms with E-state index in [-0.39, 0.29) is 5.69 Å². The van der Waals surface area contributed by atoms with Gasteiger partial charge in [0.15, 0.2) is 0 Å². The monoisotopic (exact) mass is 262 g/mol. The van der Waals surface area contributed by atoms with E-state index in [1.807, 2.05) is 0 Å². The molecule has 0 aromatic heterocycles. The predicted octanol–water partition coefficient (Wildman–Crippen LogP) is 1.83. The van der Waals surface area contributed by atoms with E-state index in [1.54, 1.807) is 6.07 Å². The summed E-state index contributed by atoms with van der Waals surface area (Å²) < 4.78 is 0. The number of benzene rings is 1. The van der Waals surface area contributed by atoms with Gasteiger partial charge in [-0.05, 0) is 25.3 Å². The first-order chi connectivity index (χ1) is 9.13. The fraction of sp³-hybridized carbons (Fsp3) is 0.538. The van der Waals surface area contributed by atoms with E-state index >= 15 is 0 Å². The zero-order chi connectivity index (χ0) is 13.4. The van der Waals surface area contributed by atoms with E-state index in [2.05, 4.69) is 10.2 Å². The highest BCUT2D eigenvalue weighted by Gasteiger charge is 2.34. The second kappa shape index (κ2) is 4.70. The largest absolute Gasteiger partial charge is 0.397 e. The van der Waals surface area contributed by atoms with Crippen molar-refractivity contribution < 1.29 is 4.92 Å². The van der Waals surface area contributed by atoms with Crippen molar-refractivity contribution in [3.63, 3.8) is 0 Å². The third-order valence-corrected chi connectivity index (χ3v) is 3.89. The number of nitrogens with zero attached hydrogens (tertiary/aromatic N) is 2. The van der Waals surface area contributed by atoms with Gasteiger partial charge in [0, 0.05) is 37.3 Å². The van der Waals surface area contributed by atoms with Gasteiger partial charge in [0.05, 0.1) is 16.3 Å². The lowest BCUT2D eigenvalue weighted by molar-refractivity contribution is -0.384. The molecule has 6 nitrogen and oxygen atoms in total. The van der Waals surface area contributed by atoms with Crippen molar-refractivity contribution in [2.24, 2.45) is 0 Å². The normalized spacial score (nSPS) is 23.5. The van der Waals surface area contributed by atoms with Crippen LogP contribution < -0.4 is 11.1 Å². The Bertz CT molecular complexity index is 501. The van der Waals surface area contributed by atoms with Crippen LogP contribution in [0.1, 0.15) is 19.3 Å². The molecule has 1 aliphatic carbocycles. The van der Waals surface area contributed by atoms with Crippen LogP contribution in [-0.2, 0) is 0 Å². The SMILES string of the molecule is Nc1cc([N+](=O)[O-])ccc1NC1CCN(C2CC2)C1. The first-order valence-corrected chi connectivity index (χ1v) is 6.68. The predicted molar refractivity (Wildman–Crippen MR) is 74.1 cm³/mol. The molecule has 1 saturated heterocycles. The summed E-state index contributed by atoms with van der Waals surface area (Å²) in [5.41, 5.74) is 7.14. The van der Waals surface area contributed by atoms with Crippen molar-refractivity contribution in [3.05, 3.63) is 28.3 Å². The molecule has 2 aliphatic rings. The Hall–Kier alpha value is -1.82. The van der Waals surface area contributed by atoms with Gasteiger partial charge in [-0.15, -0.1) is 0 Å². The molecule has 0 bridgehead atoms. The van der Waals surface area contributed by atoms with Crippen LogP contribution in [0.25, 0.3) is 0 Å². The van der Waals surface area contributed by atoms with Gasteiger partial charge in [-0.2, -0.15) is 0 Å². The van der Waals surface area contributed by atoms with Crippen molar-refractivity contribution >= 4 is 17.1 Å². The van der Waals surface area contributed by atoms with Crippen molar-refractivity contribution in [3.8, 4) is 0 Å². The van der Waals surface area contributed by atoms with Crippen LogP contribution in [0.5, 0.6) is 0 Å². The number of nitrogen functional groups attached to an aromatic ring is 1. The number of hydrogen-bond acceptors (Lipinski definition) is 5. The molecule has 2 fully saturated rings. The second-order valence-corrected chi connectivity index (χ2v) is 5.38. The molecule has 0 radical (unpaired) electrons. The van der Waals surface area contributed by atoms with E-state index < -0.39 is 4.92 Å². The maximum atomic E-state index is 10.7. The average Bonchev–Trinajstić information content (AvgIpc) is 3.12. The van der Waals surface area contributed by atoms with Crippen molar-refractivity contribution in [1.82, 2.24) is 4.90 Å². The number of nitrogens with two attached hydrogens (primary N) is 1. The molecular weight excluding hydrogens is 244 g/mol. The Morgan fingerprint density at radius 1 is 1.37 bits per heavy atom. The lowest BCUT2D eigenvalue weighted by Gasteiger charge is -2.17. The maximum absolute atomic E-state index is 10.7. The number of rotatable bonds is 4. The lowest BCUT2D eigenvalue weighted by Crippen LogP contribution is -2.27. The summed E-state index contributed by atoms with van der Waals surface area (Å²) in [6.07, 6.45) is 3.76. The standard InChI is InChI=1S/C13H18N4O2/c14-12-7-11(17(18)19)3-4-13(12)15-9-5-6-16(8-9)10-1-2-10/h3-4,7,9-10,15H,1-2,5-6,8,14H2. The van der Waals surface area contributed by atoms with Gasteiger partial charge >= 0.3 is 0 Å². The van der Waals surface area contributed by atoms with Crippen LogP contribution in [0.4, 0.5) is 17.1 Å². The Balaban J connectivity index is 1.65. The van der Waals surface area contributed by atoms with Crippen LogP contribution in [-0.4, -0.2) is 35.0 Å². The van der Waals surface area contributed by atoms with Crippen LogP contribution in [0.2, 0.25) is 0 Å². The number of nitro benzene ring substituents is 1. The van der Waals surface area contributed by atoms with Crippen LogP contribution >= 0.6 is 0 Å². The topological polar surface area (TPSA) is 84.4 Å². The van der Waals surface area contributed by atoms with Gasteiger partial charge in [-0.3, -0.25) is 15.0 Å². The second-order valence-electron chi connectivity index (χ2n) is 5.38. The molecule has 1 heterocycles. The molecule has 1 atom stereocenters. The number of non-ortho nitro benzene ring substituents is 1. The van der Waals surface area contributed by atoms with E-state index in [0.717, 1.165) is 31.2 Å². The highest BCUT2D eigenvalue weighted by molar-refractivity contribution is 5.69. The fourth-order valence-corrected chi connectivity index (χ4v) is 2.69. The van der Waals surface area contributed by atoms with E-state index in [4.69, 9.17) is 5.73 Å². The van der Waals surface area contributed by atoms with Crippen molar-refractivity contribution in [1.29, 1.82) is 0 Å². The Morgan fingerprint density at radius 3 is 2.79 bits per heavy atom. The number of hydrogen-bond donors (Lipinski definition) is 2. The Morgan fingerprint density at radius 2 is 2.16 bits per heavy atom. The molecule has 1 aromatic rings. The van der Waals surface area contributed by atoms with Gasteiger partial charge in [-0.1, -0.05) is 0 Å². The first-order valence-electron chi connectivity index (χ1n) is 6.68. The third-order valence-electron chi connectivity index (χ3n) is 3.89. The van der Waals surface area contributed by atoms with Crippen molar-refractivity contribution in [2.75, 3.05) is 24.1 Å². The highest BCUT2D eigenvalue weighted by Crippen LogP contribution is 2.31. The number of nitro groups is 1. The van der Waals surface area contributed by atoms with Gasteiger partial charge < -0.3 is 11.1 Å². The summed E-state index contributed by atoms with van der Waals surface area (Å²) in [7, 11) is 0. The van der Waals surface area contributed by atoms with E-state index in [1.165, 1.54) is 25.0 Å². The smallest absolute Gasteiger partial charge is 0.271 e. The van der Waals surface area contributed by atoms with Gasteiger partial charge in [0.2, 0.25) is 0 Å². The van der Waals surface area contributed by atoms with Gasteiger partial charge in [0.1, 0.15) is 0 Å². The Labute approximate surface area is 111 Å². The summed E-state index contributed by atoms with van der Waals surface area (Å²) >= 11 is 0. The molecule has 0 spiro atoms. The molecule has 3 rings (SSSR count). The molecular formula is C13H18N4O2.